The lowest BCUT2D eigenvalue weighted by molar-refractivity contribution is -0.122. The Morgan fingerprint density at radius 3 is 2.60 bits per heavy atom. The number of hydrogen-bond donors (Lipinski definition) is 2. The van der Waals surface area contributed by atoms with Crippen molar-refractivity contribution in [2.45, 2.75) is 31.3 Å². The summed E-state index contributed by atoms with van der Waals surface area (Å²) >= 11 is 0. The van der Waals surface area contributed by atoms with E-state index in [1.807, 2.05) is 54.6 Å². The maximum Gasteiger partial charge on any atom is 0.222 e. The van der Waals surface area contributed by atoms with Gasteiger partial charge in [-0.1, -0.05) is 48.5 Å². The molecule has 1 amide bonds. The van der Waals surface area contributed by atoms with Gasteiger partial charge >= 0.3 is 0 Å². The fourth-order valence-corrected chi connectivity index (χ4v) is 3.27. The first-order valence-corrected chi connectivity index (χ1v) is 8.48. The fraction of sp³-hybridized carbons (Fsp3) is 0.350. The summed E-state index contributed by atoms with van der Waals surface area (Å²) in [6.07, 6.45) is 2.73. The summed E-state index contributed by atoms with van der Waals surface area (Å²) in [6.45, 7) is 1.01. The highest BCUT2D eigenvalue weighted by molar-refractivity contribution is 5.85. The molecule has 2 unspecified atom stereocenters. The van der Waals surface area contributed by atoms with Crippen LogP contribution in [0.2, 0.25) is 0 Å². The number of para-hydroxylation sites is 1. The third kappa shape index (κ3) is 4.97. The molecule has 1 aliphatic heterocycles. The van der Waals surface area contributed by atoms with E-state index in [4.69, 9.17) is 4.74 Å². The second kappa shape index (κ2) is 9.44. The largest absolute Gasteiger partial charge is 0.496 e. The number of rotatable bonds is 6. The Morgan fingerprint density at radius 1 is 1.20 bits per heavy atom. The van der Waals surface area contributed by atoms with Crippen LogP contribution in [0.4, 0.5) is 0 Å². The van der Waals surface area contributed by atoms with E-state index >= 15 is 0 Å². The number of ether oxygens (including phenoxy) is 1. The zero-order valence-corrected chi connectivity index (χ0v) is 15.2. The van der Waals surface area contributed by atoms with Crippen LogP contribution >= 0.6 is 12.4 Å². The van der Waals surface area contributed by atoms with Crippen LogP contribution in [-0.2, 0) is 4.79 Å². The molecule has 0 radical (unpaired) electrons. The van der Waals surface area contributed by atoms with Gasteiger partial charge in [-0.2, -0.15) is 0 Å². The number of benzene rings is 2. The average molecular weight is 361 g/mol. The highest BCUT2D eigenvalue weighted by Crippen LogP contribution is 2.30. The van der Waals surface area contributed by atoms with E-state index in [0.29, 0.717) is 12.5 Å². The molecule has 2 N–H and O–H groups in total. The van der Waals surface area contributed by atoms with Crippen LogP contribution in [0.3, 0.4) is 0 Å². The Bertz CT molecular complexity index is 672. The Morgan fingerprint density at radius 2 is 1.92 bits per heavy atom. The Labute approximate surface area is 155 Å². The molecule has 0 aliphatic carbocycles. The normalized spacial score (nSPS) is 17.4. The van der Waals surface area contributed by atoms with Crippen molar-refractivity contribution in [1.82, 2.24) is 10.6 Å². The van der Waals surface area contributed by atoms with Crippen LogP contribution in [0.5, 0.6) is 5.75 Å². The van der Waals surface area contributed by atoms with Crippen molar-refractivity contribution in [2.75, 3.05) is 13.7 Å². The van der Waals surface area contributed by atoms with E-state index < -0.39 is 0 Å². The number of hydrogen-bond acceptors (Lipinski definition) is 3. The maximum absolute atomic E-state index is 12.6. The second-order valence-corrected chi connectivity index (χ2v) is 6.15. The van der Waals surface area contributed by atoms with Gasteiger partial charge in [-0.05, 0) is 31.0 Å². The molecule has 3 rings (SSSR count). The molecule has 5 heteroatoms. The zero-order chi connectivity index (χ0) is 16.8. The summed E-state index contributed by atoms with van der Waals surface area (Å²) < 4.78 is 5.50. The van der Waals surface area contributed by atoms with Gasteiger partial charge in [0.05, 0.1) is 13.2 Å². The minimum absolute atomic E-state index is 0. The summed E-state index contributed by atoms with van der Waals surface area (Å²) in [7, 11) is 1.66. The molecule has 2 atom stereocenters. The van der Waals surface area contributed by atoms with Crippen molar-refractivity contribution < 1.29 is 9.53 Å². The van der Waals surface area contributed by atoms with Crippen molar-refractivity contribution >= 4 is 18.3 Å². The minimum Gasteiger partial charge on any atom is -0.496 e. The monoisotopic (exact) mass is 360 g/mol. The molecule has 25 heavy (non-hydrogen) atoms. The molecule has 1 saturated heterocycles. The van der Waals surface area contributed by atoms with Crippen molar-refractivity contribution in [3.8, 4) is 5.75 Å². The molecule has 1 heterocycles. The first-order valence-electron chi connectivity index (χ1n) is 8.48. The van der Waals surface area contributed by atoms with Gasteiger partial charge in [0, 0.05) is 18.0 Å². The number of carbonyl (C=O) groups is 1. The topological polar surface area (TPSA) is 50.4 Å². The molecule has 0 aromatic heterocycles. The maximum atomic E-state index is 12.6. The van der Waals surface area contributed by atoms with Gasteiger partial charge in [-0.25, -0.2) is 0 Å². The van der Waals surface area contributed by atoms with E-state index in [1.165, 1.54) is 0 Å². The fourth-order valence-electron chi connectivity index (χ4n) is 3.27. The minimum atomic E-state index is -0.212. The zero-order valence-electron chi connectivity index (χ0n) is 14.4. The number of carbonyl (C=O) groups excluding carboxylic acids is 1. The smallest absolute Gasteiger partial charge is 0.222 e. The Kier molecular flexibility index (Phi) is 7.29. The number of methoxy groups -OCH3 is 1. The summed E-state index contributed by atoms with van der Waals surface area (Å²) in [4.78, 5) is 12.6. The molecule has 2 aromatic carbocycles. The standard InChI is InChI=1S/C20H24N2O2.ClH/c1-24-18-12-6-5-11-17(18)20(15-8-3-2-4-9-15)22-19(23)14-16-10-7-13-21-16;/h2-6,8-9,11-12,16,20-21H,7,10,13-14H2,1H3,(H,22,23);1H. The third-order valence-corrected chi connectivity index (χ3v) is 4.48. The van der Waals surface area contributed by atoms with Crippen LogP contribution < -0.4 is 15.4 Å². The highest BCUT2D eigenvalue weighted by atomic mass is 35.5. The lowest BCUT2D eigenvalue weighted by atomic mass is 9.97. The lowest BCUT2D eigenvalue weighted by Crippen LogP contribution is -2.34. The van der Waals surface area contributed by atoms with Gasteiger partial charge in [0.15, 0.2) is 0 Å². The molecular formula is C20H25ClN2O2. The summed E-state index contributed by atoms with van der Waals surface area (Å²) in [6, 6.07) is 17.9. The first-order chi connectivity index (χ1) is 11.8. The molecule has 1 fully saturated rings. The summed E-state index contributed by atoms with van der Waals surface area (Å²) in [5, 5.41) is 6.57. The van der Waals surface area contributed by atoms with Gasteiger partial charge in [0.2, 0.25) is 5.91 Å². The van der Waals surface area contributed by atoms with Gasteiger partial charge in [-0.3, -0.25) is 4.79 Å². The lowest BCUT2D eigenvalue weighted by Gasteiger charge is -2.22. The van der Waals surface area contributed by atoms with Gasteiger partial charge in [0.1, 0.15) is 5.75 Å². The summed E-state index contributed by atoms with van der Waals surface area (Å²) in [5.74, 6) is 0.847. The molecule has 1 aliphatic rings. The Balaban J connectivity index is 0.00000225. The van der Waals surface area contributed by atoms with Crippen LogP contribution in [-0.4, -0.2) is 25.6 Å². The van der Waals surface area contributed by atoms with E-state index in [1.54, 1.807) is 7.11 Å². The van der Waals surface area contributed by atoms with E-state index in [-0.39, 0.29) is 24.4 Å². The molecule has 0 saturated carbocycles. The predicted molar refractivity (Wildman–Crippen MR) is 102 cm³/mol. The van der Waals surface area contributed by atoms with E-state index in [9.17, 15) is 4.79 Å². The first kappa shape index (κ1) is 19.3. The third-order valence-electron chi connectivity index (χ3n) is 4.48. The SMILES string of the molecule is COc1ccccc1C(NC(=O)CC1CCCN1)c1ccccc1.Cl. The van der Waals surface area contributed by atoms with E-state index in [0.717, 1.165) is 36.3 Å². The average Bonchev–Trinajstić information content (AvgIpc) is 3.13. The van der Waals surface area contributed by atoms with Gasteiger partial charge in [0.25, 0.3) is 0 Å². The quantitative estimate of drug-likeness (QED) is 0.829. The molecule has 4 nitrogen and oxygen atoms in total. The predicted octanol–water partition coefficient (Wildman–Crippen LogP) is 3.46. The van der Waals surface area contributed by atoms with Gasteiger partial charge in [-0.15, -0.1) is 12.4 Å². The molecule has 134 valence electrons. The number of halogens is 1. The molecule has 0 spiro atoms. The number of amides is 1. The van der Waals surface area contributed by atoms with Crippen LogP contribution in [0.25, 0.3) is 0 Å². The molecule has 0 bridgehead atoms. The van der Waals surface area contributed by atoms with Crippen LogP contribution in [0.15, 0.2) is 54.6 Å². The van der Waals surface area contributed by atoms with E-state index in [2.05, 4.69) is 10.6 Å². The number of nitrogens with one attached hydrogen (secondary N) is 2. The molecular weight excluding hydrogens is 336 g/mol. The van der Waals surface area contributed by atoms with Crippen LogP contribution in [0, 0.1) is 0 Å². The second-order valence-electron chi connectivity index (χ2n) is 6.15. The van der Waals surface area contributed by atoms with Crippen molar-refractivity contribution in [1.29, 1.82) is 0 Å². The van der Waals surface area contributed by atoms with Crippen molar-refractivity contribution in [3.05, 3.63) is 65.7 Å². The summed E-state index contributed by atoms with van der Waals surface area (Å²) in [5.41, 5.74) is 2.02. The van der Waals surface area contributed by atoms with Gasteiger partial charge < -0.3 is 15.4 Å². The Hall–Kier alpha value is -2.04. The van der Waals surface area contributed by atoms with Crippen molar-refractivity contribution in [3.63, 3.8) is 0 Å². The molecule has 2 aromatic rings. The van der Waals surface area contributed by atoms with Crippen LogP contribution in [0.1, 0.15) is 36.4 Å². The van der Waals surface area contributed by atoms with Crippen molar-refractivity contribution in [2.24, 2.45) is 0 Å². The highest BCUT2D eigenvalue weighted by Gasteiger charge is 2.23.